The van der Waals surface area contributed by atoms with Crippen LogP contribution in [0.25, 0.3) is 0 Å². The summed E-state index contributed by atoms with van der Waals surface area (Å²) in [5.41, 5.74) is 0.518. The van der Waals surface area contributed by atoms with Gasteiger partial charge in [0.2, 0.25) is 0 Å². The molecule has 2 N–H and O–H groups in total. The van der Waals surface area contributed by atoms with Crippen molar-refractivity contribution < 1.29 is 22.1 Å². The minimum absolute atomic E-state index is 0.0675. The molecule has 1 aromatic rings. The third kappa shape index (κ3) is 5.53. The predicted molar refractivity (Wildman–Crippen MR) is 75.8 cm³/mol. The Labute approximate surface area is 128 Å². The molecule has 2 unspecified atom stereocenters. The Morgan fingerprint density at radius 2 is 2.00 bits per heavy atom. The summed E-state index contributed by atoms with van der Waals surface area (Å²) < 4.78 is 36.9. The van der Waals surface area contributed by atoms with Gasteiger partial charge in [-0.25, -0.2) is 5.14 Å². The number of rotatable bonds is 7. The molecule has 0 aliphatic rings. The highest BCUT2D eigenvalue weighted by Gasteiger charge is 2.26. The van der Waals surface area contributed by atoms with Gasteiger partial charge in [-0.1, -0.05) is 29.3 Å². The van der Waals surface area contributed by atoms with E-state index in [2.05, 4.69) is 0 Å². The van der Waals surface area contributed by atoms with Gasteiger partial charge in [0.1, 0.15) is 19.0 Å². The third-order valence-corrected chi connectivity index (χ3v) is 3.48. The first-order valence-corrected chi connectivity index (χ1v) is 7.74. The first-order valence-electron chi connectivity index (χ1n) is 5.51. The van der Waals surface area contributed by atoms with Crippen molar-refractivity contribution in [2.24, 2.45) is 5.14 Å². The highest BCUT2D eigenvalue weighted by atomic mass is 35.5. The molecule has 1 aromatic carbocycles. The van der Waals surface area contributed by atoms with E-state index in [-0.39, 0.29) is 6.79 Å². The number of methoxy groups -OCH3 is 1. The summed E-state index contributed by atoms with van der Waals surface area (Å²) in [7, 11) is -2.68. The Morgan fingerprint density at radius 1 is 1.35 bits per heavy atom. The van der Waals surface area contributed by atoms with Crippen LogP contribution in [0.1, 0.15) is 18.6 Å². The van der Waals surface area contributed by atoms with Crippen LogP contribution in [0.15, 0.2) is 18.2 Å². The molecule has 20 heavy (non-hydrogen) atoms. The molecule has 0 amide bonds. The minimum Gasteiger partial charge on any atom is -0.359 e. The monoisotopic (exact) mass is 343 g/mol. The van der Waals surface area contributed by atoms with Crippen molar-refractivity contribution >= 4 is 33.5 Å². The lowest BCUT2D eigenvalue weighted by Crippen LogP contribution is -2.29. The van der Waals surface area contributed by atoms with Gasteiger partial charge in [0, 0.05) is 22.7 Å². The van der Waals surface area contributed by atoms with Crippen LogP contribution in [0.5, 0.6) is 0 Å². The van der Waals surface area contributed by atoms with E-state index in [0.717, 1.165) is 0 Å². The average molecular weight is 344 g/mol. The van der Waals surface area contributed by atoms with Crippen LogP contribution in [0.4, 0.5) is 0 Å². The fourth-order valence-electron chi connectivity index (χ4n) is 1.61. The molecule has 0 radical (unpaired) electrons. The Balaban J connectivity index is 3.04. The number of nitrogens with two attached hydrogens (primary N) is 1. The zero-order valence-electron chi connectivity index (χ0n) is 10.9. The molecule has 0 spiro atoms. The maximum absolute atomic E-state index is 11.0. The number of ether oxygens (including phenoxy) is 2. The first-order chi connectivity index (χ1) is 9.24. The van der Waals surface area contributed by atoms with Gasteiger partial charge in [0.05, 0.1) is 0 Å². The zero-order chi connectivity index (χ0) is 15.3. The van der Waals surface area contributed by atoms with Crippen molar-refractivity contribution in [3.05, 3.63) is 33.8 Å². The highest BCUT2D eigenvalue weighted by Crippen LogP contribution is 2.32. The van der Waals surface area contributed by atoms with Crippen LogP contribution in [-0.2, 0) is 24.0 Å². The lowest BCUT2D eigenvalue weighted by atomic mass is 10.1. The van der Waals surface area contributed by atoms with Gasteiger partial charge in [-0.15, -0.1) is 0 Å². The Kier molecular flexibility index (Phi) is 6.67. The number of benzene rings is 1. The molecule has 9 heteroatoms. The summed E-state index contributed by atoms with van der Waals surface area (Å²) in [4.78, 5) is 0. The molecule has 0 aromatic heterocycles. The molecule has 0 heterocycles. The van der Waals surface area contributed by atoms with Crippen LogP contribution in [0, 0.1) is 0 Å². The average Bonchev–Trinajstić information content (AvgIpc) is 2.29. The number of halogens is 2. The normalized spacial score (nSPS) is 15.1. The fourth-order valence-corrected chi connectivity index (χ4v) is 2.65. The molecule has 0 saturated heterocycles. The Hall–Kier alpha value is -0.410. The van der Waals surface area contributed by atoms with Gasteiger partial charge < -0.3 is 9.47 Å². The van der Waals surface area contributed by atoms with Crippen molar-refractivity contribution in [3.63, 3.8) is 0 Å². The molecule has 1 rings (SSSR count). The maximum atomic E-state index is 11.0. The summed E-state index contributed by atoms with van der Waals surface area (Å²) in [6.45, 7) is 1.43. The molecule has 0 fully saturated rings. The smallest absolute Gasteiger partial charge is 0.333 e. The maximum Gasteiger partial charge on any atom is 0.333 e. The first kappa shape index (κ1) is 17.6. The highest BCUT2D eigenvalue weighted by molar-refractivity contribution is 7.84. The van der Waals surface area contributed by atoms with E-state index in [4.69, 9.17) is 42.0 Å². The van der Waals surface area contributed by atoms with E-state index in [1.54, 1.807) is 12.1 Å². The molecular formula is C11H15Cl2NO5S. The zero-order valence-corrected chi connectivity index (χ0v) is 13.2. The van der Waals surface area contributed by atoms with Crippen LogP contribution in [0.3, 0.4) is 0 Å². The van der Waals surface area contributed by atoms with E-state index in [9.17, 15) is 8.42 Å². The van der Waals surface area contributed by atoms with Crippen molar-refractivity contribution in [2.45, 2.75) is 19.1 Å². The van der Waals surface area contributed by atoms with E-state index in [1.165, 1.54) is 20.1 Å². The second-order valence-corrected chi connectivity index (χ2v) is 5.98. The van der Waals surface area contributed by atoms with Crippen LogP contribution in [0.2, 0.25) is 10.0 Å². The Morgan fingerprint density at radius 3 is 2.50 bits per heavy atom. The second kappa shape index (κ2) is 7.56. The van der Waals surface area contributed by atoms with Crippen LogP contribution < -0.4 is 5.14 Å². The van der Waals surface area contributed by atoms with Gasteiger partial charge in [0.15, 0.2) is 0 Å². The van der Waals surface area contributed by atoms with Crippen molar-refractivity contribution in [1.82, 2.24) is 0 Å². The fraction of sp³-hybridized carbons (Fsp3) is 0.455. The van der Waals surface area contributed by atoms with Gasteiger partial charge >= 0.3 is 10.3 Å². The van der Waals surface area contributed by atoms with Gasteiger partial charge in [0.25, 0.3) is 0 Å². The molecular weight excluding hydrogens is 329 g/mol. The molecule has 0 aliphatic heterocycles. The molecule has 0 aliphatic carbocycles. The summed E-state index contributed by atoms with van der Waals surface area (Å²) in [6, 6.07) is 4.74. The molecule has 114 valence electrons. The van der Waals surface area contributed by atoms with Crippen molar-refractivity contribution in [3.8, 4) is 0 Å². The summed E-state index contributed by atoms with van der Waals surface area (Å²) in [5.74, 6) is 0. The van der Waals surface area contributed by atoms with E-state index < -0.39 is 22.5 Å². The van der Waals surface area contributed by atoms with E-state index >= 15 is 0 Å². The van der Waals surface area contributed by atoms with Crippen LogP contribution in [-0.4, -0.2) is 28.4 Å². The summed E-state index contributed by atoms with van der Waals surface area (Å²) in [6.07, 6.45) is -1.67. The summed E-state index contributed by atoms with van der Waals surface area (Å²) in [5, 5.41) is 5.62. The van der Waals surface area contributed by atoms with Crippen molar-refractivity contribution in [2.75, 3.05) is 13.9 Å². The summed E-state index contributed by atoms with van der Waals surface area (Å²) >= 11 is 11.9. The predicted octanol–water partition coefficient (Wildman–Crippen LogP) is 2.26. The molecule has 6 nitrogen and oxygen atoms in total. The third-order valence-electron chi connectivity index (χ3n) is 2.35. The van der Waals surface area contributed by atoms with E-state index in [1.807, 2.05) is 0 Å². The minimum atomic E-state index is -4.11. The number of hydrogen-bond donors (Lipinski definition) is 1. The topological polar surface area (TPSA) is 87.8 Å². The van der Waals surface area contributed by atoms with Crippen LogP contribution >= 0.6 is 23.2 Å². The second-order valence-electron chi connectivity index (χ2n) is 3.95. The van der Waals surface area contributed by atoms with Gasteiger partial charge in [-0.3, -0.25) is 4.18 Å². The molecule has 2 atom stereocenters. The van der Waals surface area contributed by atoms with Crippen molar-refractivity contribution in [1.29, 1.82) is 0 Å². The Bertz CT molecular complexity index is 552. The number of hydrogen-bond acceptors (Lipinski definition) is 5. The molecule has 0 saturated carbocycles. The van der Waals surface area contributed by atoms with Gasteiger partial charge in [-0.05, 0) is 19.1 Å². The van der Waals surface area contributed by atoms with Gasteiger partial charge in [-0.2, -0.15) is 8.42 Å². The standard InChI is InChI=1S/C11H15Cl2NO5S/c1-7(19-20(14,15)16)11(18-6-17-2)9-4-3-8(12)5-10(9)13/h3-5,7,11H,6H2,1-2H3,(H2,14,15,16). The SMILES string of the molecule is COCOC(c1ccc(Cl)cc1Cl)C(C)OS(N)(=O)=O. The quantitative estimate of drug-likeness (QED) is 0.767. The largest absolute Gasteiger partial charge is 0.359 e. The lowest BCUT2D eigenvalue weighted by Gasteiger charge is -2.24. The lowest BCUT2D eigenvalue weighted by molar-refractivity contribution is -0.104. The van der Waals surface area contributed by atoms with E-state index in [0.29, 0.717) is 15.6 Å². The molecule has 0 bridgehead atoms.